The topological polar surface area (TPSA) is 4.93 Å². The minimum absolute atomic E-state index is 1.16. The van der Waals surface area contributed by atoms with Crippen molar-refractivity contribution >= 4 is 22.1 Å². The number of aromatic nitrogens is 1. The predicted molar refractivity (Wildman–Crippen MR) is 163 cm³/mol. The third kappa shape index (κ3) is 3.87. The summed E-state index contributed by atoms with van der Waals surface area (Å²) in [6.07, 6.45) is 2.21. The Labute approximate surface area is 226 Å². The third-order valence-electron chi connectivity index (χ3n) is 7.09. The maximum Gasteiger partial charge on any atom is 0.0615 e. The minimum Gasteiger partial charge on any atom is -0.316 e. The van der Waals surface area contributed by atoms with Gasteiger partial charge in [-0.2, -0.15) is 0 Å². The van der Waals surface area contributed by atoms with Gasteiger partial charge in [-0.15, -0.1) is 11.3 Å². The Hall–Kier alpha value is -4.66. The summed E-state index contributed by atoms with van der Waals surface area (Å²) < 4.78 is 2.32. The van der Waals surface area contributed by atoms with E-state index >= 15 is 0 Å². The first-order valence-electron chi connectivity index (χ1n) is 12.9. The smallest absolute Gasteiger partial charge is 0.0615 e. The van der Waals surface area contributed by atoms with Gasteiger partial charge in [0.25, 0.3) is 0 Å². The maximum absolute atomic E-state index is 2.32. The van der Waals surface area contributed by atoms with E-state index in [0.29, 0.717) is 0 Å². The van der Waals surface area contributed by atoms with Crippen molar-refractivity contribution in [1.82, 2.24) is 4.57 Å². The molecule has 0 aliphatic rings. The fraction of sp³-hybridized carbons (Fsp3) is 0. The summed E-state index contributed by atoms with van der Waals surface area (Å²) in [6, 6.07) is 52.0. The molecule has 0 N–H and O–H groups in total. The molecule has 1 nitrogen and oxygen atoms in total. The van der Waals surface area contributed by atoms with Gasteiger partial charge in [-0.05, 0) is 34.9 Å². The molecule has 180 valence electrons. The first-order valence-corrected chi connectivity index (χ1v) is 13.7. The van der Waals surface area contributed by atoms with Gasteiger partial charge in [0.15, 0.2) is 0 Å². The SMILES string of the molecule is c1ccc(-c2ccccc2-c2sc(-c3ccn(-c4ccccc4)c3-c3ccccc3)c3ccccc23)cc1. The van der Waals surface area contributed by atoms with Crippen molar-refractivity contribution in [2.75, 3.05) is 0 Å². The van der Waals surface area contributed by atoms with E-state index in [-0.39, 0.29) is 0 Å². The van der Waals surface area contributed by atoms with E-state index in [1.165, 1.54) is 54.0 Å². The number of hydrogen-bond acceptors (Lipinski definition) is 1. The molecule has 2 aromatic heterocycles. The van der Waals surface area contributed by atoms with Crippen molar-refractivity contribution in [3.8, 4) is 49.0 Å². The lowest BCUT2D eigenvalue weighted by atomic mass is 9.96. The van der Waals surface area contributed by atoms with Crippen LogP contribution in [-0.4, -0.2) is 4.57 Å². The van der Waals surface area contributed by atoms with Crippen LogP contribution in [0.1, 0.15) is 0 Å². The summed E-state index contributed by atoms with van der Waals surface area (Å²) in [4.78, 5) is 2.61. The molecule has 0 radical (unpaired) electrons. The molecule has 0 saturated heterocycles. The summed E-state index contributed by atoms with van der Waals surface area (Å²) in [5, 5.41) is 2.58. The second-order valence-electron chi connectivity index (χ2n) is 9.37. The molecule has 0 amide bonds. The van der Waals surface area contributed by atoms with E-state index in [0.717, 1.165) is 5.69 Å². The molecular weight excluding hydrogens is 478 g/mol. The van der Waals surface area contributed by atoms with Gasteiger partial charge in [-0.25, -0.2) is 0 Å². The third-order valence-corrected chi connectivity index (χ3v) is 8.38. The predicted octanol–water partition coefficient (Wildman–Crippen LogP) is 10.4. The first-order chi connectivity index (χ1) is 18.9. The Balaban J connectivity index is 1.49. The summed E-state index contributed by atoms with van der Waals surface area (Å²) in [7, 11) is 0. The summed E-state index contributed by atoms with van der Waals surface area (Å²) in [6.45, 7) is 0. The highest BCUT2D eigenvalue weighted by Gasteiger charge is 2.21. The maximum atomic E-state index is 2.32. The molecule has 2 heterocycles. The van der Waals surface area contributed by atoms with E-state index in [9.17, 15) is 0 Å². The molecule has 0 unspecified atom stereocenters. The molecule has 2 heteroatoms. The Morgan fingerprint density at radius 2 is 0.895 bits per heavy atom. The highest BCUT2D eigenvalue weighted by atomic mass is 32.1. The number of nitrogens with zero attached hydrogens (tertiary/aromatic N) is 1. The highest BCUT2D eigenvalue weighted by Crippen LogP contribution is 2.49. The molecule has 38 heavy (non-hydrogen) atoms. The summed E-state index contributed by atoms with van der Waals surface area (Å²) >= 11 is 1.89. The molecule has 5 aromatic carbocycles. The van der Waals surface area contributed by atoms with Crippen LogP contribution in [0.3, 0.4) is 0 Å². The molecule has 0 atom stereocenters. The van der Waals surface area contributed by atoms with Crippen molar-refractivity contribution in [2.24, 2.45) is 0 Å². The zero-order valence-corrected chi connectivity index (χ0v) is 21.6. The number of fused-ring (bicyclic) bond motifs is 1. The van der Waals surface area contributed by atoms with Crippen molar-refractivity contribution in [1.29, 1.82) is 0 Å². The van der Waals surface area contributed by atoms with Crippen LogP contribution in [-0.2, 0) is 0 Å². The van der Waals surface area contributed by atoms with Crippen LogP contribution >= 0.6 is 11.3 Å². The standard InChI is InChI=1S/C36H25NS/c1-4-14-26(15-5-1)29-20-10-11-21-30(29)35-31-22-12-13-23-32(31)36(38-35)33-24-25-37(28-18-8-3-9-19-28)34(33)27-16-6-2-7-17-27/h1-25H. The minimum atomic E-state index is 1.16. The molecule has 0 spiro atoms. The number of rotatable bonds is 5. The van der Waals surface area contributed by atoms with E-state index < -0.39 is 0 Å². The van der Waals surface area contributed by atoms with Crippen molar-refractivity contribution in [3.05, 3.63) is 152 Å². The van der Waals surface area contributed by atoms with Crippen LogP contribution in [0, 0.1) is 0 Å². The van der Waals surface area contributed by atoms with Gasteiger partial charge in [-0.1, -0.05) is 127 Å². The lowest BCUT2D eigenvalue weighted by Gasteiger charge is -2.12. The molecule has 0 aliphatic heterocycles. The van der Waals surface area contributed by atoms with Crippen LogP contribution < -0.4 is 0 Å². The van der Waals surface area contributed by atoms with Gasteiger partial charge in [0.2, 0.25) is 0 Å². The van der Waals surface area contributed by atoms with Gasteiger partial charge >= 0.3 is 0 Å². The Morgan fingerprint density at radius 1 is 0.395 bits per heavy atom. The molecule has 7 rings (SSSR count). The first kappa shape index (κ1) is 22.5. The van der Waals surface area contributed by atoms with Crippen LogP contribution in [0.15, 0.2) is 152 Å². The molecule has 0 bridgehead atoms. The normalized spacial score (nSPS) is 11.2. The lowest BCUT2D eigenvalue weighted by Crippen LogP contribution is -1.95. The molecule has 7 aromatic rings. The van der Waals surface area contributed by atoms with Crippen molar-refractivity contribution < 1.29 is 0 Å². The Bertz CT molecular complexity index is 1840. The Kier molecular flexibility index (Phi) is 5.73. The zero-order valence-electron chi connectivity index (χ0n) is 20.8. The van der Waals surface area contributed by atoms with E-state index in [1.54, 1.807) is 0 Å². The fourth-order valence-electron chi connectivity index (χ4n) is 5.35. The van der Waals surface area contributed by atoms with Gasteiger partial charge < -0.3 is 4.57 Å². The number of hydrogen-bond donors (Lipinski definition) is 0. The molecule has 0 aliphatic carbocycles. The van der Waals surface area contributed by atoms with E-state index in [2.05, 4.69) is 156 Å². The average Bonchev–Trinajstić information content (AvgIpc) is 3.61. The molecule has 0 fully saturated rings. The van der Waals surface area contributed by atoms with Gasteiger partial charge in [-0.3, -0.25) is 0 Å². The van der Waals surface area contributed by atoms with Crippen LogP contribution in [0.5, 0.6) is 0 Å². The lowest BCUT2D eigenvalue weighted by molar-refractivity contribution is 1.09. The number of benzene rings is 5. The van der Waals surface area contributed by atoms with Gasteiger partial charge in [0, 0.05) is 43.5 Å². The summed E-state index contributed by atoms with van der Waals surface area (Å²) in [5.41, 5.74) is 8.61. The average molecular weight is 504 g/mol. The van der Waals surface area contributed by atoms with Crippen LogP contribution in [0.25, 0.3) is 59.7 Å². The van der Waals surface area contributed by atoms with Crippen LogP contribution in [0.2, 0.25) is 0 Å². The quantitative estimate of drug-likeness (QED) is 0.220. The van der Waals surface area contributed by atoms with Gasteiger partial charge in [0.05, 0.1) is 5.69 Å². The molecule has 0 saturated carbocycles. The number of thiophene rings is 1. The van der Waals surface area contributed by atoms with Crippen molar-refractivity contribution in [2.45, 2.75) is 0 Å². The fourth-order valence-corrected chi connectivity index (χ4v) is 6.69. The second-order valence-corrected chi connectivity index (χ2v) is 10.4. The van der Waals surface area contributed by atoms with Crippen molar-refractivity contribution in [3.63, 3.8) is 0 Å². The zero-order chi connectivity index (χ0) is 25.3. The largest absolute Gasteiger partial charge is 0.316 e. The monoisotopic (exact) mass is 503 g/mol. The van der Waals surface area contributed by atoms with E-state index in [4.69, 9.17) is 0 Å². The van der Waals surface area contributed by atoms with Crippen LogP contribution in [0.4, 0.5) is 0 Å². The number of para-hydroxylation sites is 1. The summed E-state index contributed by atoms with van der Waals surface area (Å²) in [5.74, 6) is 0. The Morgan fingerprint density at radius 3 is 1.55 bits per heavy atom. The molecular formula is C36H25NS. The second kappa shape index (κ2) is 9.66. The highest BCUT2D eigenvalue weighted by molar-refractivity contribution is 7.21. The van der Waals surface area contributed by atoms with Gasteiger partial charge in [0.1, 0.15) is 0 Å². The van der Waals surface area contributed by atoms with E-state index in [1.807, 2.05) is 11.3 Å².